The SMILES string of the molecule is COCCCn1ccnc1NCC1(N(C)C)CCC1. The summed E-state index contributed by atoms with van der Waals surface area (Å²) in [5.74, 6) is 0.976. The van der Waals surface area contributed by atoms with Crippen LogP contribution in [0, 0.1) is 0 Å². The van der Waals surface area contributed by atoms with Crippen molar-refractivity contribution in [2.24, 2.45) is 0 Å². The number of anilines is 1. The molecule has 1 fully saturated rings. The molecule has 5 heteroatoms. The first-order valence-electron chi connectivity index (χ1n) is 7.09. The lowest BCUT2D eigenvalue weighted by Gasteiger charge is -2.47. The monoisotopic (exact) mass is 266 g/mol. The topological polar surface area (TPSA) is 42.3 Å². The van der Waals surface area contributed by atoms with Gasteiger partial charge in [0.15, 0.2) is 0 Å². The van der Waals surface area contributed by atoms with Gasteiger partial charge in [0.25, 0.3) is 0 Å². The lowest BCUT2D eigenvalue weighted by Crippen LogP contribution is -2.54. The number of aryl methyl sites for hydroxylation is 1. The molecule has 0 bridgehead atoms. The van der Waals surface area contributed by atoms with Crippen molar-refractivity contribution in [1.29, 1.82) is 0 Å². The molecule has 0 saturated heterocycles. The van der Waals surface area contributed by atoms with Crippen LogP contribution in [0.1, 0.15) is 25.7 Å². The summed E-state index contributed by atoms with van der Waals surface area (Å²) in [7, 11) is 6.09. The highest BCUT2D eigenvalue weighted by molar-refractivity contribution is 5.27. The van der Waals surface area contributed by atoms with Crippen molar-refractivity contribution < 1.29 is 4.74 Å². The first kappa shape index (κ1) is 14.3. The average molecular weight is 266 g/mol. The Kier molecular flexibility index (Phi) is 4.82. The minimum atomic E-state index is 0.323. The van der Waals surface area contributed by atoms with E-state index in [1.165, 1.54) is 19.3 Å². The minimum absolute atomic E-state index is 0.323. The summed E-state index contributed by atoms with van der Waals surface area (Å²) in [5.41, 5.74) is 0.323. The molecule has 5 nitrogen and oxygen atoms in total. The summed E-state index contributed by atoms with van der Waals surface area (Å²) >= 11 is 0. The van der Waals surface area contributed by atoms with Gasteiger partial charge in [0.05, 0.1) is 0 Å². The molecular formula is C14H26N4O. The van der Waals surface area contributed by atoms with Crippen LogP contribution in [-0.2, 0) is 11.3 Å². The predicted octanol–water partition coefficient (Wildman–Crippen LogP) is 1.82. The fraction of sp³-hybridized carbons (Fsp3) is 0.786. The van der Waals surface area contributed by atoms with Crippen molar-refractivity contribution >= 4 is 5.95 Å². The van der Waals surface area contributed by atoms with Crippen LogP contribution in [0.2, 0.25) is 0 Å². The molecule has 1 aromatic heterocycles. The van der Waals surface area contributed by atoms with Crippen LogP contribution in [0.4, 0.5) is 5.95 Å². The Bertz CT molecular complexity index is 385. The van der Waals surface area contributed by atoms with Crippen LogP contribution in [0.25, 0.3) is 0 Å². The molecule has 0 atom stereocenters. The summed E-state index contributed by atoms with van der Waals surface area (Å²) in [5, 5.41) is 3.51. The fourth-order valence-corrected chi connectivity index (χ4v) is 2.65. The Morgan fingerprint density at radius 2 is 2.26 bits per heavy atom. The molecule has 0 unspecified atom stereocenters. The second kappa shape index (κ2) is 6.39. The van der Waals surface area contributed by atoms with Gasteiger partial charge in [-0.3, -0.25) is 0 Å². The number of nitrogens with one attached hydrogen (secondary N) is 1. The van der Waals surface area contributed by atoms with E-state index in [0.29, 0.717) is 5.54 Å². The van der Waals surface area contributed by atoms with Gasteiger partial charge in [-0.1, -0.05) is 0 Å². The van der Waals surface area contributed by atoms with Gasteiger partial charge < -0.3 is 19.5 Å². The number of ether oxygens (including phenoxy) is 1. The largest absolute Gasteiger partial charge is 0.385 e. The molecule has 108 valence electrons. The van der Waals surface area contributed by atoms with Gasteiger partial charge in [0, 0.05) is 44.7 Å². The standard InChI is InChI=1S/C14H26N4O/c1-17(2)14(6-4-7-14)12-16-13-15-8-10-18(13)9-5-11-19-3/h8,10H,4-7,9,11-12H2,1-3H3,(H,15,16). The van der Waals surface area contributed by atoms with Gasteiger partial charge in [-0.25, -0.2) is 4.98 Å². The molecule has 19 heavy (non-hydrogen) atoms. The van der Waals surface area contributed by atoms with Gasteiger partial charge in [-0.15, -0.1) is 0 Å². The molecular weight excluding hydrogens is 240 g/mol. The number of aromatic nitrogens is 2. The van der Waals surface area contributed by atoms with Crippen LogP contribution in [-0.4, -0.2) is 54.3 Å². The zero-order valence-electron chi connectivity index (χ0n) is 12.4. The third-order valence-electron chi connectivity index (χ3n) is 4.27. The van der Waals surface area contributed by atoms with E-state index in [-0.39, 0.29) is 0 Å². The van der Waals surface area contributed by atoms with Crippen molar-refractivity contribution in [2.75, 3.05) is 39.7 Å². The normalized spacial score (nSPS) is 17.5. The van der Waals surface area contributed by atoms with E-state index in [2.05, 4.69) is 33.9 Å². The quantitative estimate of drug-likeness (QED) is 0.729. The lowest BCUT2D eigenvalue weighted by atomic mass is 9.75. The molecule has 0 aliphatic heterocycles. The van der Waals surface area contributed by atoms with E-state index in [1.807, 2.05) is 12.4 Å². The second-order valence-corrected chi connectivity index (χ2v) is 5.62. The summed E-state index contributed by atoms with van der Waals surface area (Å²) < 4.78 is 7.26. The van der Waals surface area contributed by atoms with Gasteiger partial charge in [-0.2, -0.15) is 0 Å². The Hall–Kier alpha value is -1.07. The highest BCUT2D eigenvalue weighted by atomic mass is 16.5. The summed E-state index contributed by atoms with van der Waals surface area (Å²) in [6.45, 7) is 2.71. The molecule has 1 saturated carbocycles. The third kappa shape index (κ3) is 3.28. The summed E-state index contributed by atoms with van der Waals surface area (Å²) in [4.78, 5) is 6.76. The van der Waals surface area contributed by atoms with Gasteiger partial charge in [-0.05, 0) is 39.8 Å². The van der Waals surface area contributed by atoms with Crippen molar-refractivity contribution in [3.05, 3.63) is 12.4 Å². The molecule has 1 aromatic rings. The van der Waals surface area contributed by atoms with Crippen LogP contribution < -0.4 is 5.32 Å². The van der Waals surface area contributed by atoms with Crippen molar-refractivity contribution in [2.45, 2.75) is 37.8 Å². The number of likely N-dealkylation sites (N-methyl/N-ethyl adjacent to an activating group) is 1. The summed E-state index contributed by atoms with van der Waals surface area (Å²) in [6, 6.07) is 0. The fourth-order valence-electron chi connectivity index (χ4n) is 2.65. The van der Waals surface area contributed by atoms with Crippen molar-refractivity contribution in [3.63, 3.8) is 0 Å². The van der Waals surface area contributed by atoms with Crippen molar-refractivity contribution in [3.8, 4) is 0 Å². The zero-order valence-corrected chi connectivity index (χ0v) is 12.4. The smallest absolute Gasteiger partial charge is 0.202 e. The maximum Gasteiger partial charge on any atom is 0.202 e. The minimum Gasteiger partial charge on any atom is -0.385 e. The molecule has 2 rings (SSSR count). The van der Waals surface area contributed by atoms with Crippen LogP contribution in [0.15, 0.2) is 12.4 Å². The number of rotatable bonds is 8. The highest BCUT2D eigenvalue weighted by Gasteiger charge is 2.38. The van der Waals surface area contributed by atoms with Gasteiger partial charge >= 0.3 is 0 Å². The van der Waals surface area contributed by atoms with Crippen LogP contribution in [0.3, 0.4) is 0 Å². The molecule has 0 amide bonds. The second-order valence-electron chi connectivity index (χ2n) is 5.62. The average Bonchev–Trinajstić information content (AvgIpc) is 2.75. The molecule has 0 spiro atoms. The molecule has 1 aliphatic rings. The van der Waals surface area contributed by atoms with Gasteiger partial charge in [0.2, 0.25) is 5.95 Å². The number of nitrogens with zero attached hydrogens (tertiary/aromatic N) is 3. The molecule has 0 aromatic carbocycles. The van der Waals surface area contributed by atoms with E-state index in [1.54, 1.807) is 7.11 Å². The molecule has 1 heterocycles. The first-order chi connectivity index (χ1) is 9.18. The maximum atomic E-state index is 5.09. The van der Waals surface area contributed by atoms with E-state index in [9.17, 15) is 0 Å². The number of methoxy groups -OCH3 is 1. The van der Waals surface area contributed by atoms with Crippen LogP contribution >= 0.6 is 0 Å². The molecule has 1 aliphatic carbocycles. The van der Waals surface area contributed by atoms with Crippen LogP contribution in [0.5, 0.6) is 0 Å². The van der Waals surface area contributed by atoms with Crippen molar-refractivity contribution in [1.82, 2.24) is 14.5 Å². The number of hydrogen-bond acceptors (Lipinski definition) is 4. The van der Waals surface area contributed by atoms with E-state index in [0.717, 1.165) is 32.1 Å². The zero-order chi connectivity index (χ0) is 13.7. The van der Waals surface area contributed by atoms with Gasteiger partial charge in [0.1, 0.15) is 0 Å². The Morgan fingerprint density at radius 3 is 2.84 bits per heavy atom. The highest BCUT2D eigenvalue weighted by Crippen LogP contribution is 2.36. The number of imidazole rings is 1. The van der Waals surface area contributed by atoms with E-state index in [4.69, 9.17) is 4.74 Å². The molecule has 0 radical (unpaired) electrons. The van der Waals surface area contributed by atoms with E-state index >= 15 is 0 Å². The summed E-state index contributed by atoms with van der Waals surface area (Å²) in [6.07, 6.45) is 8.79. The number of hydrogen-bond donors (Lipinski definition) is 1. The first-order valence-corrected chi connectivity index (χ1v) is 7.09. The Morgan fingerprint density at radius 1 is 1.47 bits per heavy atom. The Balaban J connectivity index is 1.87. The third-order valence-corrected chi connectivity index (χ3v) is 4.27. The molecule has 1 N–H and O–H groups in total. The Labute approximate surface area is 116 Å². The van der Waals surface area contributed by atoms with E-state index < -0.39 is 0 Å². The lowest BCUT2D eigenvalue weighted by molar-refractivity contribution is 0.0736. The predicted molar refractivity (Wildman–Crippen MR) is 77.5 cm³/mol. The maximum absolute atomic E-state index is 5.09.